The summed E-state index contributed by atoms with van der Waals surface area (Å²) in [6.07, 6.45) is 3.49. The number of hydrogen-bond acceptors (Lipinski definition) is 6. The van der Waals surface area contributed by atoms with E-state index in [1.807, 2.05) is 54.1 Å². The van der Waals surface area contributed by atoms with Crippen molar-refractivity contribution in [2.45, 2.75) is 19.9 Å². The molecule has 1 atom stereocenters. The van der Waals surface area contributed by atoms with E-state index >= 15 is 0 Å². The molecule has 1 aliphatic rings. The molecule has 1 aromatic carbocycles. The van der Waals surface area contributed by atoms with E-state index in [1.165, 1.54) is 5.56 Å². The Morgan fingerprint density at radius 3 is 2.43 bits per heavy atom. The molecule has 1 fully saturated rings. The number of amides is 1. The summed E-state index contributed by atoms with van der Waals surface area (Å²) in [4.78, 5) is 27.5. The zero-order chi connectivity index (χ0) is 19.9. The van der Waals surface area contributed by atoms with Crippen LogP contribution < -0.4 is 9.64 Å². The fraction of sp³-hybridized carbons (Fsp3) is 0.476. The molecule has 1 amide bonds. The second kappa shape index (κ2) is 9.50. The molecule has 0 saturated carbocycles. The molecule has 1 unspecified atom stereocenters. The molecular formula is C21H29N5O2. The van der Waals surface area contributed by atoms with Crippen molar-refractivity contribution in [1.29, 1.82) is 0 Å². The lowest BCUT2D eigenvalue weighted by atomic mass is 10.2. The molecule has 150 valence electrons. The van der Waals surface area contributed by atoms with Crippen LogP contribution in [0, 0.1) is 6.92 Å². The van der Waals surface area contributed by atoms with Crippen LogP contribution in [0.4, 0.5) is 5.95 Å². The quantitative estimate of drug-likeness (QED) is 0.727. The van der Waals surface area contributed by atoms with E-state index in [0.29, 0.717) is 26.2 Å². The summed E-state index contributed by atoms with van der Waals surface area (Å²) >= 11 is 0. The highest BCUT2D eigenvalue weighted by Crippen LogP contribution is 2.13. The van der Waals surface area contributed by atoms with Gasteiger partial charge in [-0.05, 0) is 39.1 Å². The summed E-state index contributed by atoms with van der Waals surface area (Å²) in [5, 5.41) is 0. The number of carbonyl (C=O) groups excluding carboxylic acids is 1. The van der Waals surface area contributed by atoms with Gasteiger partial charge in [-0.15, -0.1) is 0 Å². The number of anilines is 1. The Hall–Kier alpha value is -2.67. The largest absolute Gasteiger partial charge is 0.492 e. The van der Waals surface area contributed by atoms with E-state index in [9.17, 15) is 4.79 Å². The van der Waals surface area contributed by atoms with Gasteiger partial charge in [-0.2, -0.15) is 0 Å². The van der Waals surface area contributed by atoms with Crippen molar-refractivity contribution < 1.29 is 9.53 Å². The van der Waals surface area contributed by atoms with E-state index in [0.717, 1.165) is 24.8 Å². The van der Waals surface area contributed by atoms with Crippen molar-refractivity contribution in [3.8, 4) is 5.75 Å². The third-order valence-electron chi connectivity index (χ3n) is 5.18. The smallest absolute Gasteiger partial charge is 0.239 e. The van der Waals surface area contributed by atoms with Gasteiger partial charge in [0.25, 0.3) is 0 Å². The average Bonchev–Trinajstić information content (AvgIpc) is 2.74. The lowest BCUT2D eigenvalue weighted by Gasteiger charge is -2.37. The summed E-state index contributed by atoms with van der Waals surface area (Å²) in [7, 11) is 1.97. The van der Waals surface area contributed by atoms with Crippen molar-refractivity contribution in [2.24, 2.45) is 0 Å². The van der Waals surface area contributed by atoms with Crippen LogP contribution in [0.2, 0.25) is 0 Å². The third kappa shape index (κ3) is 5.19. The number of nitrogens with zero attached hydrogens (tertiary/aromatic N) is 5. The van der Waals surface area contributed by atoms with E-state index < -0.39 is 0 Å². The summed E-state index contributed by atoms with van der Waals surface area (Å²) in [5.74, 6) is 1.75. The molecule has 0 aliphatic carbocycles. The minimum absolute atomic E-state index is 0.159. The van der Waals surface area contributed by atoms with E-state index in [2.05, 4.69) is 21.8 Å². The van der Waals surface area contributed by atoms with Gasteiger partial charge in [0.05, 0.1) is 6.04 Å². The summed E-state index contributed by atoms with van der Waals surface area (Å²) in [5.41, 5.74) is 1.21. The van der Waals surface area contributed by atoms with Crippen LogP contribution in [0.3, 0.4) is 0 Å². The van der Waals surface area contributed by atoms with Crippen LogP contribution in [0.15, 0.2) is 42.7 Å². The molecule has 0 radical (unpaired) electrons. The molecule has 0 N–H and O–H groups in total. The Bertz CT molecular complexity index is 745. The van der Waals surface area contributed by atoms with E-state index in [4.69, 9.17) is 4.74 Å². The zero-order valence-electron chi connectivity index (χ0n) is 16.9. The highest BCUT2D eigenvalue weighted by molar-refractivity contribution is 5.81. The van der Waals surface area contributed by atoms with Crippen LogP contribution in [0.5, 0.6) is 5.75 Å². The fourth-order valence-corrected chi connectivity index (χ4v) is 3.17. The van der Waals surface area contributed by atoms with Gasteiger partial charge in [0.1, 0.15) is 12.4 Å². The Labute approximate surface area is 166 Å². The number of ether oxygens (including phenoxy) is 1. The molecule has 3 rings (SSSR count). The first kappa shape index (κ1) is 20.1. The minimum Gasteiger partial charge on any atom is -0.492 e. The average molecular weight is 383 g/mol. The van der Waals surface area contributed by atoms with Crippen molar-refractivity contribution >= 4 is 11.9 Å². The highest BCUT2D eigenvalue weighted by Gasteiger charge is 2.27. The molecule has 1 aromatic heterocycles. The molecule has 2 heterocycles. The second-order valence-corrected chi connectivity index (χ2v) is 7.18. The normalized spacial score (nSPS) is 15.6. The van der Waals surface area contributed by atoms with Gasteiger partial charge in [-0.1, -0.05) is 17.7 Å². The first-order valence-electron chi connectivity index (χ1n) is 9.75. The molecule has 2 aromatic rings. The van der Waals surface area contributed by atoms with Crippen LogP contribution in [0.25, 0.3) is 0 Å². The summed E-state index contributed by atoms with van der Waals surface area (Å²) in [6, 6.07) is 9.64. The number of carbonyl (C=O) groups is 1. The maximum Gasteiger partial charge on any atom is 0.239 e. The molecule has 7 heteroatoms. The van der Waals surface area contributed by atoms with Gasteiger partial charge in [0, 0.05) is 45.1 Å². The van der Waals surface area contributed by atoms with Crippen LogP contribution in [-0.2, 0) is 4.79 Å². The molecular weight excluding hydrogens is 354 g/mol. The highest BCUT2D eigenvalue weighted by atomic mass is 16.5. The number of benzene rings is 1. The fourth-order valence-electron chi connectivity index (χ4n) is 3.17. The number of aryl methyl sites for hydroxylation is 1. The Morgan fingerprint density at radius 1 is 1.14 bits per heavy atom. The van der Waals surface area contributed by atoms with Gasteiger partial charge < -0.3 is 14.5 Å². The van der Waals surface area contributed by atoms with E-state index in [1.54, 1.807) is 12.4 Å². The molecule has 28 heavy (non-hydrogen) atoms. The minimum atomic E-state index is -0.179. The number of rotatable bonds is 7. The van der Waals surface area contributed by atoms with Crippen LogP contribution in [0.1, 0.15) is 12.5 Å². The topological polar surface area (TPSA) is 61.8 Å². The predicted molar refractivity (Wildman–Crippen MR) is 110 cm³/mol. The Morgan fingerprint density at radius 2 is 1.79 bits per heavy atom. The first-order valence-corrected chi connectivity index (χ1v) is 9.75. The maximum absolute atomic E-state index is 12.8. The number of piperazine rings is 1. The van der Waals surface area contributed by atoms with Gasteiger partial charge >= 0.3 is 0 Å². The van der Waals surface area contributed by atoms with Crippen molar-refractivity contribution in [1.82, 2.24) is 19.8 Å². The third-order valence-corrected chi connectivity index (χ3v) is 5.18. The lowest BCUT2D eigenvalue weighted by molar-refractivity contribution is -0.136. The maximum atomic E-state index is 12.8. The van der Waals surface area contributed by atoms with Crippen molar-refractivity contribution in [3.05, 3.63) is 48.3 Å². The summed E-state index contributed by atoms with van der Waals surface area (Å²) < 4.78 is 5.78. The predicted octanol–water partition coefficient (Wildman–Crippen LogP) is 1.83. The second-order valence-electron chi connectivity index (χ2n) is 7.18. The van der Waals surface area contributed by atoms with Gasteiger partial charge in [0.2, 0.25) is 11.9 Å². The molecule has 7 nitrogen and oxygen atoms in total. The monoisotopic (exact) mass is 383 g/mol. The van der Waals surface area contributed by atoms with Crippen LogP contribution in [-0.4, -0.2) is 78.1 Å². The van der Waals surface area contributed by atoms with Crippen LogP contribution >= 0.6 is 0 Å². The Balaban J connectivity index is 1.42. The number of aromatic nitrogens is 2. The zero-order valence-corrected chi connectivity index (χ0v) is 16.9. The Kier molecular flexibility index (Phi) is 6.81. The SMILES string of the molecule is Cc1ccc(OCCN(C)C(C)C(=O)N2CCN(c3ncccn3)CC2)cc1. The first-order chi connectivity index (χ1) is 13.5. The van der Waals surface area contributed by atoms with Crippen molar-refractivity contribution in [2.75, 3.05) is 51.3 Å². The van der Waals surface area contributed by atoms with E-state index in [-0.39, 0.29) is 11.9 Å². The molecule has 1 aliphatic heterocycles. The lowest BCUT2D eigenvalue weighted by Crippen LogP contribution is -2.54. The standard InChI is InChI=1S/C21H29N5O2/c1-17-5-7-19(8-6-17)28-16-15-24(3)18(2)20(27)25-11-13-26(14-12-25)21-22-9-4-10-23-21/h4-10,18H,11-16H2,1-3H3. The molecule has 0 bridgehead atoms. The number of likely N-dealkylation sites (N-methyl/N-ethyl adjacent to an activating group) is 1. The van der Waals surface area contributed by atoms with Gasteiger partial charge in [-0.25, -0.2) is 9.97 Å². The van der Waals surface area contributed by atoms with Crippen molar-refractivity contribution in [3.63, 3.8) is 0 Å². The van der Waals surface area contributed by atoms with Gasteiger partial charge in [-0.3, -0.25) is 9.69 Å². The number of hydrogen-bond donors (Lipinski definition) is 0. The summed E-state index contributed by atoms with van der Waals surface area (Å²) in [6.45, 7) is 8.14. The molecule has 1 saturated heterocycles. The molecule has 0 spiro atoms. The van der Waals surface area contributed by atoms with Gasteiger partial charge in [0.15, 0.2) is 0 Å².